The summed E-state index contributed by atoms with van der Waals surface area (Å²) in [5, 5.41) is 5.27. The van der Waals surface area contributed by atoms with Crippen LogP contribution in [0.1, 0.15) is 32.4 Å². The van der Waals surface area contributed by atoms with Gasteiger partial charge < -0.3 is 11.1 Å². The van der Waals surface area contributed by atoms with Gasteiger partial charge in [-0.25, -0.2) is 4.98 Å². The van der Waals surface area contributed by atoms with Crippen LogP contribution >= 0.6 is 11.3 Å². The highest BCUT2D eigenvalue weighted by atomic mass is 32.1. The maximum atomic E-state index is 11.6. The molecule has 4 nitrogen and oxygen atoms in total. The molecule has 0 aliphatic carbocycles. The zero-order valence-electron chi connectivity index (χ0n) is 9.12. The number of rotatable bonds is 5. The van der Waals surface area contributed by atoms with Gasteiger partial charge in [-0.3, -0.25) is 4.79 Å². The fraction of sp³-hybridized carbons (Fsp3) is 0.600. The van der Waals surface area contributed by atoms with Crippen LogP contribution in [0.25, 0.3) is 0 Å². The van der Waals surface area contributed by atoms with Gasteiger partial charge in [0.2, 0.25) is 5.91 Å². The molecule has 1 heterocycles. The van der Waals surface area contributed by atoms with Crippen LogP contribution in [0.4, 0.5) is 5.13 Å². The predicted octanol–water partition coefficient (Wildman–Crippen LogP) is 1.78. The second-order valence-electron chi connectivity index (χ2n) is 3.41. The number of hydrogen-bond acceptors (Lipinski definition) is 4. The number of carbonyl (C=O) groups excluding carboxylic acids is 1. The van der Waals surface area contributed by atoms with Crippen molar-refractivity contribution in [1.82, 2.24) is 10.3 Å². The Morgan fingerprint density at radius 3 is 2.73 bits per heavy atom. The van der Waals surface area contributed by atoms with Crippen LogP contribution in [0.15, 0.2) is 5.38 Å². The maximum absolute atomic E-state index is 11.6. The van der Waals surface area contributed by atoms with E-state index >= 15 is 0 Å². The Morgan fingerprint density at radius 2 is 2.27 bits per heavy atom. The standard InChI is InChI=1S/C10H17N3OS/c1-3-7(4-2)9(14)12-5-8-6-15-10(11)13-8/h6-7H,3-5H2,1-2H3,(H2,11,13)(H,12,14). The molecule has 84 valence electrons. The molecule has 0 fully saturated rings. The summed E-state index contributed by atoms with van der Waals surface area (Å²) in [4.78, 5) is 15.7. The van der Waals surface area contributed by atoms with E-state index in [1.807, 2.05) is 19.2 Å². The van der Waals surface area contributed by atoms with Gasteiger partial charge >= 0.3 is 0 Å². The Kier molecular flexibility index (Phi) is 4.55. The van der Waals surface area contributed by atoms with E-state index in [-0.39, 0.29) is 11.8 Å². The van der Waals surface area contributed by atoms with Gasteiger partial charge in [0, 0.05) is 11.3 Å². The lowest BCUT2D eigenvalue weighted by molar-refractivity contribution is -0.125. The van der Waals surface area contributed by atoms with E-state index in [2.05, 4.69) is 10.3 Å². The topological polar surface area (TPSA) is 68.0 Å². The van der Waals surface area contributed by atoms with Crippen molar-refractivity contribution in [3.63, 3.8) is 0 Å². The van der Waals surface area contributed by atoms with E-state index in [9.17, 15) is 4.79 Å². The molecule has 1 aromatic rings. The third-order valence-corrected chi connectivity index (χ3v) is 3.09. The van der Waals surface area contributed by atoms with Gasteiger partial charge in [0.05, 0.1) is 12.2 Å². The first-order chi connectivity index (χ1) is 7.17. The minimum Gasteiger partial charge on any atom is -0.375 e. The number of thiazole rings is 1. The number of hydrogen-bond donors (Lipinski definition) is 2. The van der Waals surface area contributed by atoms with Gasteiger partial charge in [-0.15, -0.1) is 11.3 Å². The van der Waals surface area contributed by atoms with Crippen molar-refractivity contribution in [3.05, 3.63) is 11.1 Å². The molecule has 0 saturated carbocycles. The van der Waals surface area contributed by atoms with Crippen LogP contribution < -0.4 is 11.1 Å². The van der Waals surface area contributed by atoms with Crippen LogP contribution in [0, 0.1) is 5.92 Å². The number of carbonyl (C=O) groups is 1. The van der Waals surface area contributed by atoms with Crippen LogP contribution in [0.2, 0.25) is 0 Å². The number of aromatic nitrogens is 1. The molecule has 5 heteroatoms. The Bertz CT molecular complexity index is 320. The van der Waals surface area contributed by atoms with Crippen LogP contribution in [0.3, 0.4) is 0 Å². The number of nitrogen functional groups attached to an aromatic ring is 1. The summed E-state index contributed by atoms with van der Waals surface area (Å²) in [6, 6.07) is 0. The fourth-order valence-electron chi connectivity index (χ4n) is 1.39. The summed E-state index contributed by atoms with van der Waals surface area (Å²) < 4.78 is 0. The summed E-state index contributed by atoms with van der Waals surface area (Å²) in [6.07, 6.45) is 1.75. The van der Waals surface area contributed by atoms with Gasteiger partial charge in [0.15, 0.2) is 5.13 Å². The molecule has 0 aromatic carbocycles. The first-order valence-corrected chi connectivity index (χ1v) is 6.02. The van der Waals surface area contributed by atoms with Crippen molar-refractivity contribution in [3.8, 4) is 0 Å². The van der Waals surface area contributed by atoms with Crippen molar-refractivity contribution >= 4 is 22.4 Å². The van der Waals surface area contributed by atoms with Gasteiger partial charge in [0.1, 0.15) is 0 Å². The lowest BCUT2D eigenvalue weighted by atomic mass is 10.0. The first-order valence-electron chi connectivity index (χ1n) is 5.15. The number of nitrogens with two attached hydrogens (primary N) is 1. The molecule has 0 saturated heterocycles. The highest BCUT2D eigenvalue weighted by Crippen LogP contribution is 2.11. The molecule has 1 rings (SSSR count). The van der Waals surface area contributed by atoms with Crippen LogP contribution in [-0.2, 0) is 11.3 Å². The fourth-order valence-corrected chi connectivity index (χ4v) is 1.95. The summed E-state index contributed by atoms with van der Waals surface area (Å²) in [5.41, 5.74) is 6.32. The van der Waals surface area contributed by atoms with Crippen molar-refractivity contribution < 1.29 is 4.79 Å². The quantitative estimate of drug-likeness (QED) is 0.805. The summed E-state index contributed by atoms with van der Waals surface area (Å²) >= 11 is 1.39. The van der Waals surface area contributed by atoms with E-state index in [1.165, 1.54) is 11.3 Å². The number of nitrogens with one attached hydrogen (secondary N) is 1. The number of anilines is 1. The zero-order chi connectivity index (χ0) is 11.3. The molecule has 3 N–H and O–H groups in total. The molecular formula is C10H17N3OS. The lowest BCUT2D eigenvalue weighted by Crippen LogP contribution is -2.29. The van der Waals surface area contributed by atoms with E-state index in [0.717, 1.165) is 18.5 Å². The highest BCUT2D eigenvalue weighted by molar-refractivity contribution is 7.13. The second-order valence-corrected chi connectivity index (χ2v) is 4.30. The SMILES string of the molecule is CCC(CC)C(=O)NCc1csc(N)n1. The van der Waals surface area contributed by atoms with Crippen molar-refractivity contribution in [2.24, 2.45) is 5.92 Å². The Morgan fingerprint density at radius 1 is 1.60 bits per heavy atom. The average molecular weight is 227 g/mol. The summed E-state index contributed by atoms with van der Waals surface area (Å²) in [7, 11) is 0. The van der Waals surface area contributed by atoms with Crippen LogP contribution in [0.5, 0.6) is 0 Å². The van der Waals surface area contributed by atoms with Gasteiger partial charge in [-0.2, -0.15) is 0 Å². The predicted molar refractivity (Wildman–Crippen MR) is 62.4 cm³/mol. The largest absolute Gasteiger partial charge is 0.375 e. The zero-order valence-corrected chi connectivity index (χ0v) is 9.93. The molecule has 15 heavy (non-hydrogen) atoms. The molecular weight excluding hydrogens is 210 g/mol. The monoisotopic (exact) mass is 227 g/mol. The van der Waals surface area contributed by atoms with E-state index in [0.29, 0.717) is 11.7 Å². The lowest BCUT2D eigenvalue weighted by Gasteiger charge is -2.11. The molecule has 0 unspecified atom stereocenters. The Hall–Kier alpha value is -1.10. The molecule has 0 radical (unpaired) electrons. The van der Waals surface area contributed by atoms with E-state index in [1.54, 1.807) is 0 Å². The number of amides is 1. The molecule has 1 aromatic heterocycles. The smallest absolute Gasteiger partial charge is 0.223 e. The van der Waals surface area contributed by atoms with Gasteiger partial charge in [-0.1, -0.05) is 13.8 Å². The Labute approximate surface area is 93.9 Å². The summed E-state index contributed by atoms with van der Waals surface area (Å²) in [6.45, 7) is 4.52. The molecule has 0 aliphatic rings. The van der Waals surface area contributed by atoms with Crippen molar-refractivity contribution in [1.29, 1.82) is 0 Å². The number of nitrogens with zero attached hydrogens (tertiary/aromatic N) is 1. The maximum Gasteiger partial charge on any atom is 0.223 e. The second kappa shape index (κ2) is 5.70. The van der Waals surface area contributed by atoms with Crippen molar-refractivity contribution in [2.45, 2.75) is 33.2 Å². The minimum absolute atomic E-state index is 0.103. The summed E-state index contributed by atoms with van der Waals surface area (Å²) in [5.74, 6) is 0.215. The van der Waals surface area contributed by atoms with E-state index in [4.69, 9.17) is 5.73 Å². The Balaban J connectivity index is 2.40. The van der Waals surface area contributed by atoms with E-state index < -0.39 is 0 Å². The van der Waals surface area contributed by atoms with Gasteiger partial charge in [0.25, 0.3) is 0 Å². The van der Waals surface area contributed by atoms with Crippen molar-refractivity contribution in [2.75, 3.05) is 5.73 Å². The molecule has 0 aliphatic heterocycles. The molecule has 1 amide bonds. The first kappa shape index (κ1) is 12.0. The third-order valence-electron chi connectivity index (χ3n) is 2.37. The molecule has 0 bridgehead atoms. The minimum atomic E-state index is 0.103. The molecule has 0 spiro atoms. The molecule has 0 atom stereocenters. The average Bonchev–Trinajstić information content (AvgIpc) is 2.63. The van der Waals surface area contributed by atoms with Gasteiger partial charge in [-0.05, 0) is 12.8 Å². The normalized spacial score (nSPS) is 10.6. The highest BCUT2D eigenvalue weighted by Gasteiger charge is 2.13. The third kappa shape index (κ3) is 3.51. The van der Waals surface area contributed by atoms with Crippen LogP contribution in [-0.4, -0.2) is 10.9 Å².